The number of allylic oxidation sites excluding steroid dienone is 1. The normalized spacial score (nSPS) is 15.3. The van der Waals surface area contributed by atoms with Crippen molar-refractivity contribution in [1.29, 1.82) is 0 Å². The molecule has 1 N–H and O–H groups in total. The molecule has 1 aromatic carbocycles. The molecule has 98 valence electrons. The number of fused-ring (bicyclic) bond motifs is 3. The summed E-state index contributed by atoms with van der Waals surface area (Å²) in [5, 5.41) is 1.19. The number of rotatable bonds is 3. The number of alkyl halides is 1. The van der Waals surface area contributed by atoms with Crippen LogP contribution in [-0.4, -0.2) is 16.6 Å². The van der Waals surface area contributed by atoms with Crippen molar-refractivity contribution in [3.63, 3.8) is 0 Å². The molecule has 0 radical (unpaired) electrons. The van der Waals surface area contributed by atoms with Crippen molar-refractivity contribution in [2.75, 3.05) is 5.88 Å². The lowest BCUT2D eigenvalue weighted by Crippen LogP contribution is -2.09. The van der Waals surface area contributed by atoms with Crippen molar-refractivity contribution < 1.29 is 4.79 Å². The number of H-pyrrole nitrogens is 1. The van der Waals surface area contributed by atoms with Gasteiger partial charge >= 0.3 is 0 Å². The molecule has 1 aromatic heterocycles. The van der Waals surface area contributed by atoms with Gasteiger partial charge in [-0.2, -0.15) is 0 Å². The second-order valence-corrected chi connectivity index (χ2v) is 5.32. The molecule has 0 saturated heterocycles. The third kappa shape index (κ3) is 2.33. The molecule has 0 fully saturated rings. The van der Waals surface area contributed by atoms with Crippen molar-refractivity contribution in [3.05, 3.63) is 41.1 Å². The quantitative estimate of drug-likeness (QED) is 0.830. The summed E-state index contributed by atoms with van der Waals surface area (Å²) in [6.45, 7) is 0. The molecule has 0 atom stereocenters. The smallest absolute Gasteiger partial charge is 0.179 e. The molecule has 0 amide bonds. The Hall–Kier alpha value is -1.54. The van der Waals surface area contributed by atoms with E-state index in [1.54, 1.807) is 0 Å². The Balaban J connectivity index is 2.05. The van der Waals surface area contributed by atoms with E-state index in [-0.39, 0.29) is 5.78 Å². The Morgan fingerprint density at radius 3 is 3.05 bits per heavy atom. The molecule has 0 saturated carbocycles. The Kier molecular flexibility index (Phi) is 3.43. The van der Waals surface area contributed by atoms with Gasteiger partial charge in [-0.15, -0.1) is 11.6 Å². The van der Waals surface area contributed by atoms with E-state index in [9.17, 15) is 4.79 Å². The molecule has 3 rings (SSSR count). The third-order valence-electron chi connectivity index (χ3n) is 3.63. The number of aryl methyl sites for hydroxylation is 1. The number of aromatic amines is 1. The van der Waals surface area contributed by atoms with E-state index >= 15 is 0 Å². The number of Topliss-reactive ketones (excluding diaryl/α,β-unsaturated/α-hetero) is 1. The Morgan fingerprint density at radius 1 is 1.32 bits per heavy atom. The van der Waals surface area contributed by atoms with E-state index < -0.39 is 0 Å². The highest BCUT2D eigenvalue weighted by atomic mass is 35.5. The average molecular weight is 274 g/mol. The molecule has 3 heteroatoms. The molecular formula is C16H16ClNO. The second-order valence-electron chi connectivity index (χ2n) is 4.94. The van der Waals surface area contributed by atoms with E-state index in [2.05, 4.69) is 35.3 Å². The zero-order valence-electron chi connectivity index (χ0n) is 10.7. The van der Waals surface area contributed by atoms with Crippen molar-refractivity contribution >= 4 is 34.4 Å². The second kappa shape index (κ2) is 5.22. The van der Waals surface area contributed by atoms with E-state index in [0.717, 1.165) is 36.0 Å². The van der Waals surface area contributed by atoms with Gasteiger partial charge in [0.25, 0.3) is 0 Å². The molecule has 0 spiro atoms. The molecule has 1 heterocycles. The first-order chi connectivity index (χ1) is 9.29. The lowest BCUT2D eigenvalue weighted by Gasteiger charge is -2.09. The Labute approximate surface area is 117 Å². The highest BCUT2D eigenvalue weighted by molar-refractivity contribution is 6.17. The molecule has 1 aliphatic rings. The minimum absolute atomic E-state index is 0.247. The summed E-state index contributed by atoms with van der Waals surface area (Å²) in [5.74, 6) is 0.893. The van der Waals surface area contributed by atoms with Crippen LogP contribution in [0.3, 0.4) is 0 Å². The first kappa shape index (κ1) is 12.5. The average Bonchev–Trinajstić information content (AvgIpc) is 2.79. The molecule has 19 heavy (non-hydrogen) atoms. The van der Waals surface area contributed by atoms with Crippen molar-refractivity contribution in [2.24, 2.45) is 0 Å². The monoisotopic (exact) mass is 273 g/mol. The van der Waals surface area contributed by atoms with E-state index in [4.69, 9.17) is 11.6 Å². The van der Waals surface area contributed by atoms with Gasteiger partial charge in [0.1, 0.15) is 0 Å². The molecule has 1 aliphatic carbocycles. The van der Waals surface area contributed by atoms with Crippen LogP contribution in [0.1, 0.15) is 40.9 Å². The Morgan fingerprint density at radius 2 is 2.21 bits per heavy atom. The fourth-order valence-electron chi connectivity index (χ4n) is 2.70. The van der Waals surface area contributed by atoms with Crippen LogP contribution in [0.15, 0.2) is 24.3 Å². The maximum absolute atomic E-state index is 11.9. The fourth-order valence-corrected chi connectivity index (χ4v) is 2.83. The molecule has 0 aliphatic heterocycles. The summed E-state index contributed by atoms with van der Waals surface area (Å²) in [6.07, 6.45) is 7.68. The third-order valence-corrected chi connectivity index (χ3v) is 3.84. The zero-order chi connectivity index (χ0) is 13.2. The number of hydrogen-bond donors (Lipinski definition) is 1. The maximum Gasteiger partial charge on any atom is 0.179 e. The van der Waals surface area contributed by atoms with E-state index in [0.29, 0.717) is 12.3 Å². The molecule has 0 unspecified atom stereocenters. The largest absolute Gasteiger partial charge is 0.352 e. The summed E-state index contributed by atoms with van der Waals surface area (Å²) >= 11 is 5.66. The first-order valence-corrected chi connectivity index (χ1v) is 7.23. The van der Waals surface area contributed by atoms with Gasteiger partial charge in [0.05, 0.1) is 5.69 Å². The molecular weight excluding hydrogens is 258 g/mol. The number of halogens is 1. The van der Waals surface area contributed by atoms with Gasteiger partial charge < -0.3 is 4.98 Å². The van der Waals surface area contributed by atoms with Gasteiger partial charge in [-0.05, 0) is 42.5 Å². The van der Waals surface area contributed by atoms with Crippen molar-refractivity contribution in [1.82, 2.24) is 4.98 Å². The molecule has 0 bridgehead atoms. The van der Waals surface area contributed by atoms with Crippen LogP contribution in [0.2, 0.25) is 0 Å². The van der Waals surface area contributed by atoms with Crippen LogP contribution in [0.25, 0.3) is 17.0 Å². The van der Waals surface area contributed by atoms with Crippen LogP contribution >= 0.6 is 11.6 Å². The summed E-state index contributed by atoms with van der Waals surface area (Å²) in [6, 6.07) is 6.29. The van der Waals surface area contributed by atoms with Crippen LogP contribution in [0.4, 0.5) is 0 Å². The number of ketones is 1. The van der Waals surface area contributed by atoms with Crippen molar-refractivity contribution in [2.45, 2.75) is 25.7 Å². The van der Waals surface area contributed by atoms with E-state index in [1.165, 1.54) is 10.9 Å². The van der Waals surface area contributed by atoms with Crippen LogP contribution in [0.5, 0.6) is 0 Å². The van der Waals surface area contributed by atoms with Gasteiger partial charge in [-0.25, -0.2) is 0 Å². The van der Waals surface area contributed by atoms with Crippen LogP contribution < -0.4 is 0 Å². The highest BCUT2D eigenvalue weighted by Gasteiger charge is 2.21. The van der Waals surface area contributed by atoms with Gasteiger partial charge in [0.2, 0.25) is 0 Å². The number of hydrogen-bond acceptors (Lipinski definition) is 1. The number of carbonyl (C=O) groups excluding carboxylic acids is 1. The summed E-state index contributed by atoms with van der Waals surface area (Å²) in [7, 11) is 0. The standard InChI is InChI=1S/C16H16ClNO/c17-9-2-1-4-11-7-8-14-13(10-11)12-5-3-6-15(19)16(12)18-14/h1,4,7-8,10,18H,2-3,5-6,9H2. The zero-order valence-corrected chi connectivity index (χ0v) is 11.5. The highest BCUT2D eigenvalue weighted by Crippen LogP contribution is 2.29. The molecule has 2 nitrogen and oxygen atoms in total. The minimum atomic E-state index is 0.247. The SMILES string of the molecule is O=C1CCCc2c1[nH]c1ccc(C=CCCCl)cc21. The Bertz CT molecular complexity index is 654. The van der Waals surface area contributed by atoms with Gasteiger partial charge in [-0.1, -0.05) is 18.2 Å². The molecule has 2 aromatic rings. The predicted molar refractivity (Wildman–Crippen MR) is 79.9 cm³/mol. The van der Waals surface area contributed by atoms with Crippen LogP contribution in [0, 0.1) is 0 Å². The van der Waals surface area contributed by atoms with E-state index in [1.807, 2.05) is 0 Å². The van der Waals surface area contributed by atoms with Crippen LogP contribution in [-0.2, 0) is 6.42 Å². The summed E-state index contributed by atoms with van der Waals surface area (Å²) in [4.78, 5) is 15.2. The maximum atomic E-state index is 11.9. The lowest BCUT2D eigenvalue weighted by atomic mass is 9.94. The number of nitrogens with one attached hydrogen (secondary N) is 1. The summed E-state index contributed by atoms with van der Waals surface area (Å²) in [5.41, 5.74) is 4.24. The predicted octanol–water partition coefficient (Wildman–Crippen LogP) is 4.33. The van der Waals surface area contributed by atoms with Gasteiger partial charge in [-0.3, -0.25) is 4.79 Å². The number of aromatic nitrogens is 1. The number of benzene rings is 1. The number of carbonyl (C=O) groups is 1. The fraction of sp³-hybridized carbons (Fsp3) is 0.312. The lowest BCUT2D eigenvalue weighted by molar-refractivity contribution is 0.0968. The topological polar surface area (TPSA) is 32.9 Å². The van der Waals surface area contributed by atoms with Crippen molar-refractivity contribution in [3.8, 4) is 0 Å². The summed E-state index contributed by atoms with van der Waals surface area (Å²) < 4.78 is 0. The first-order valence-electron chi connectivity index (χ1n) is 6.70. The van der Waals surface area contributed by atoms with Gasteiger partial charge in [0, 0.05) is 23.2 Å². The van der Waals surface area contributed by atoms with Gasteiger partial charge in [0.15, 0.2) is 5.78 Å². The minimum Gasteiger partial charge on any atom is -0.352 e.